The summed E-state index contributed by atoms with van der Waals surface area (Å²) in [5.74, 6) is 0. The largest absolute Gasteiger partial charge is 0.328 e. The van der Waals surface area contributed by atoms with Crippen molar-refractivity contribution in [3.05, 3.63) is 35.2 Å². The molecule has 2 amide bonds. The van der Waals surface area contributed by atoms with Gasteiger partial charge in [0, 0.05) is 32.4 Å². The highest BCUT2D eigenvalue weighted by Gasteiger charge is 2.20. The van der Waals surface area contributed by atoms with E-state index in [0.717, 1.165) is 43.9 Å². The third-order valence-electron chi connectivity index (χ3n) is 3.74. The lowest BCUT2D eigenvalue weighted by molar-refractivity contribution is 0.161. The predicted molar refractivity (Wildman–Crippen MR) is 81.5 cm³/mol. The fourth-order valence-corrected chi connectivity index (χ4v) is 2.36. The summed E-state index contributed by atoms with van der Waals surface area (Å²) in [6.45, 7) is 6.37. The predicted octanol–water partition coefficient (Wildman–Crippen LogP) is 2.94. The van der Waals surface area contributed by atoms with Gasteiger partial charge in [-0.2, -0.15) is 0 Å². The summed E-state index contributed by atoms with van der Waals surface area (Å²) in [6, 6.07) is 6.20. The number of hydrogen-bond acceptors (Lipinski definition) is 2. The van der Waals surface area contributed by atoms with Crippen molar-refractivity contribution in [3.8, 4) is 0 Å². The van der Waals surface area contributed by atoms with Gasteiger partial charge >= 0.3 is 6.03 Å². The Morgan fingerprint density at radius 3 is 2.70 bits per heavy atom. The van der Waals surface area contributed by atoms with Gasteiger partial charge in [0.25, 0.3) is 0 Å². The molecular formula is C16H23N3O. The summed E-state index contributed by atoms with van der Waals surface area (Å²) in [7, 11) is 1.85. The van der Waals surface area contributed by atoms with E-state index in [1.54, 1.807) is 4.90 Å². The number of likely N-dealkylation sites (tertiary alicyclic amines) is 1. The van der Waals surface area contributed by atoms with Gasteiger partial charge in [-0.15, -0.1) is 0 Å². The van der Waals surface area contributed by atoms with Gasteiger partial charge in [-0.05, 0) is 44.9 Å². The van der Waals surface area contributed by atoms with Gasteiger partial charge in [0.1, 0.15) is 0 Å². The van der Waals surface area contributed by atoms with Crippen molar-refractivity contribution < 1.29 is 4.79 Å². The average Bonchev–Trinajstić information content (AvgIpc) is 2.46. The normalized spacial score (nSPS) is 15.2. The zero-order valence-corrected chi connectivity index (χ0v) is 12.6. The fourth-order valence-electron chi connectivity index (χ4n) is 2.36. The van der Waals surface area contributed by atoms with E-state index in [0.29, 0.717) is 0 Å². The molecule has 1 aliphatic rings. The summed E-state index contributed by atoms with van der Waals surface area (Å²) >= 11 is 0. The number of carbonyl (C=O) groups is 1. The van der Waals surface area contributed by atoms with Crippen molar-refractivity contribution in [1.29, 1.82) is 0 Å². The Labute approximate surface area is 121 Å². The van der Waals surface area contributed by atoms with Crippen LogP contribution >= 0.6 is 0 Å². The standard InChI is InChI=1S/C16H23N3O/c1-4-18(3)16(20)19-10-8-14(9-11-19)12-15-7-5-6-13(2)17-15/h5-7,12H,4,8-11H2,1-3H3. The molecule has 0 radical (unpaired) electrons. The van der Waals surface area contributed by atoms with E-state index in [1.807, 2.05) is 44.0 Å². The van der Waals surface area contributed by atoms with E-state index >= 15 is 0 Å². The summed E-state index contributed by atoms with van der Waals surface area (Å²) < 4.78 is 0. The first kappa shape index (κ1) is 14.6. The molecule has 20 heavy (non-hydrogen) atoms. The van der Waals surface area contributed by atoms with Crippen LogP contribution in [0, 0.1) is 6.92 Å². The monoisotopic (exact) mass is 273 g/mol. The third-order valence-corrected chi connectivity index (χ3v) is 3.74. The van der Waals surface area contributed by atoms with Crippen LogP contribution in [0.15, 0.2) is 23.8 Å². The van der Waals surface area contributed by atoms with E-state index in [4.69, 9.17) is 0 Å². The Balaban J connectivity index is 1.96. The maximum absolute atomic E-state index is 12.1. The van der Waals surface area contributed by atoms with Crippen LogP contribution in [0.2, 0.25) is 0 Å². The van der Waals surface area contributed by atoms with Crippen molar-refractivity contribution in [2.75, 3.05) is 26.7 Å². The Kier molecular flexibility index (Phi) is 4.77. The molecule has 4 heteroatoms. The van der Waals surface area contributed by atoms with Crippen LogP contribution in [0.25, 0.3) is 6.08 Å². The third kappa shape index (κ3) is 3.59. The van der Waals surface area contributed by atoms with Crippen LogP contribution in [-0.2, 0) is 0 Å². The smallest absolute Gasteiger partial charge is 0.319 e. The minimum Gasteiger partial charge on any atom is -0.328 e. The summed E-state index contributed by atoms with van der Waals surface area (Å²) in [4.78, 5) is 20.3. The summed E-state index contributed by atoms with van der Waals surface area (Å²) in [6.07, 6.45) is 4.05. The van der Waals surface area contributed by atoms with Gasteiger partial charge < -0.3 is 9.80 Å². The second-order valence-corrected chi connectivity index (χ2v) is 5.29. The molecule has 0 saturated carbocycles. The first-order valence-corrected chi connectivity index (χ1v) is 7.23. The van der Waals surface area contributed by atoms with Crippen LogP contribution in [0.5, 0.6) is 0 Å². The number of hydrogen-bond donors (Lipinski definition) is 0. The molecule has 1 saturated heterocycles. The van der Waals surface area contributed by atoms with Crippen molar-refractivity contribution in [1.82, 2.24) is 14.8 Å². The van der Waals surface area contributed by atoms with Crippen LogP contribution in [0.1, 0.15) is 31.2 Å². The van der Waals surface area contributed by atoms with Crippen LogP contribution in [0.4, 0.5) is 4.79 Å². The molecule has 4 nitrogen and oxygen atoms in total. The molecule has 1 fully saturated rings. The number of carbonyl (C=O) groups excluding carboxylic acids is 1. The molecule has 0 N–H and O–H groups in total. The van der Waals surface area contributed by atoms with E-state index < -0.39 is 0 Å². The Morgan fingerprint density at radius 1 is 1.40 bits per heavy atom. The van der Waals surface area contributed by atoms with E-state index in [2.05, 4.69) is 11.1 Å². The average molecular weight is 273 g/mol. The van der Waals surface area contributed by atoms with Gasteiger partial charge in [-0.25, -0.2) is 4.79 Å². The van der Waals surface area contributed by atoms with Gasteiger partial charge in [0.15, 0.2) is 0 Å². The van der Waals surface area contributed by atoms with E-state index in [-0.39, 0.29) is 6.03 Å². The maximum atomic E-state index is 12.1. The maximum Gasteiger partial charge on any atom is 0.319 e. The number of rotatable bonds is 2. The quantitative estimate of drug-likeness (QED) is 0.830. The van der Waals surface area contributed by atoms with Crippen LogP contribution in [-0.4, -0.2) is 47.5 Å². The Morgan fingerprint density at radius 2 is 2.10 bits per heavy atom. The number of aryl methyl sites for hydroxylation is 1. The lowest BCUT2D eigenvalue weighted by atomic mass is 10.0. The van der Waals surface area contributed by atoms with Gasteiger partial charge in [-0.3, -0.25) is 4.98 Å². The van der Waals surface area contributed by atoms with Gasteiger partial charge in [0.05, 0.1) is 5.69 Å². The number of aromatic nitrogens is 1. The van der Waals surface area contributed by atoms with Gasteiger partial charge in [-0.1, -0.05) is 11.6 Å². The van der Waals surface area contributed by atoms with E-state index in [1.165, 1.54) is 5.57 Å². The Hall–Kier alpha value is -1.84. The zero-order valence-electron chi connectivity index (χ0n) is 12.6. The molecule has 1 aliphatic heterocycles. The van der Waals surface area contributed by atoms with Gasteiger partial charge in [0.2, 0.25) is 0 Å². The van der Waals surface area contributed by atoms with Crippen molar-refractivity contribution >= 4 is 12.1 Å². The molecular weight excluding hydrogens is 250 g/mol. The molecule has 1 aromatic heterocycles. The molecule has 0 unspecified atom stereocenters. The number of nitrogens with zero attached hydrogens (tertiary/aromatic N) is 3. The number of urea groups is 1. The summed E-state index contributed by atoms with van der Waals surface area (Å²) in [5.41, 5.74) is 3.44. The molecule has 1 aromatic rings. The Bertz CT molecular complexity index is 500. The lowest BCUT2D eigenvalue weighted by Crippen LogP contribution is -2.43. The second-order valence-electron chi connectivity index (χ2n) is 5.29. The topological polar surface area (TPSA) is 36.4 Å². The molecule has 0 atom stereocenters. The highest BCUT2D eigenvalue weighted by molar-refractivity contribution is 5.74. The molecule has 2 rings (SSSR count). The molecule has 0 aliphatic carbocycles. The second kappa shape index (κ2) is 6.55. The molecule has 0 spiro atoms. The number of pyridine rings is 1. The minimum absolute atomic E-state index is 0.139. The van der Waals surface area contributed by atoms with Crippen molar-refractivity contribution in [2.24, 2.45) is 0 Å². The highest BCUT2D eigenvalue weighted by atomic mass is 16.2. The SMILES string of the molecule is CCN(C)C(=O)N1CCC(=Cc2cccc(C)n2)CC1. The lowest BCUT2D eigenvalue weighted by Gasteiger charge is -2.31. The highest BCUT2D eigenvalue weighted by Crippen LogP contribution is 2.19. The first-order chi connectivity index (χ1) is 9.60. The molecule has 0 bridgehead atoms. The molecule has 0 aromatic carbocycles. The fraction of sp³-hybridized carbons (Fsp3) is 0.500. The molecule has 2 heterocycles. The minimum atomic E-state index is 0.139. The van der Waals surface area contributed by atoms with E-state index in [9.17, 15) is 4.79 Å². The number of piperidine rings is 1. The molecule has 108 valence electrons. The zero-order chi connectivity index (χ0) is 14.5. The first-order valence-electron chi connectivity index (χ1n) is 7.23. The van der Waals surface area contributed by atoms with Crippen molar-refractivity contribution in [2.45, 2.75) is 26.7 Å². The van der Waals surface area contributed by atoms with Crippen LogP contribution < -0.4 is 0 Å². The van der Waals surface area contributed by atoms with Crippen molar-refractivity contribution in [3.63, 3.8) is 0 Å². The van der Waals surface area contributed by atoms with Crippen LogP contribution in [0.3, 0.4) is 0 Å². The summed E-state index contributed by atoms with van der Waals surface area (Å²) in [5, 5.41) is 0. The number of amides is 2.